The van der Waals surface area contributed by atoms with Crippen LogP contribution in [0.1, 0.15) is 12.0 Å². The van der Waals surface area contributed by atoms with Crippen molar-refractivity contribution in [3.63, 3.8) is 0 Å². The van der Waals surface area contributed by atoms with Crippen molar-refractivity contribution in [2.75, 3.05) is 7.05 Å². The number of para-hydroxylation sites is 1. The summed E-state index contributed by atoms with van der Waals surface area (Å²) in [5.41, 5.74) is 0.264. The molecule has 29 heavy (non-hydrogen) atoms. The highest BCUT2D eigenvalue weighted by atomic mass is 32.1. The van der Waals surface area contributed by atoms with Crippen LogP contribution in [0, 0.1) is 4.77 Å². The van der Waals surface area contributed by atoms with Crippen LogP contribution in [0.5, 0.6) is 5.75 Å². The predicted molar refractivity (Wildman–Crippen MR) is 105 cm³/mol. The van der Waals surface area contributed by atoms with E-state index in [1.165, 1.54) is 41.5 Å². The summed E-state index contributed by atoms with van der Waals surface area (Å²) < 4.78 is 43.9. The molecule has 11 heteroatoms. The summed E-state index contributed by atoms with van der Waals surface area (Å²) >= 11 is 6.74. The number of alkyl halides is 3. The smallest absolute Gasteiger partial charge is 0.405 e. The van der Waals surface area contributed by atoms with E-state index in [0.29, 0.717) is 17.1 Å². The molecule has 3 aromatic rings. The Bertz CT molecular complexity index is 1030. The first kappa shape index (κ1) is 21.1. The number of rotatable bonds is 7. The second-order valence-corrected chi connectivity index (χ2v) is 7.47. The lowest BCUT2D eigenvalue weighted by atomic mass is 10.2. The number of hydrogen-bond donors (Lipinski definition) is 1. The number of halogens is 3. The molecule has 0 aliphatic rings. The summed E-state index contributed by atoms with van der Waals surface area (Å²) in [7, 11) is 1.53. The van der Waals surface area contributed by atoms with Gasteiger partial charge in [-0.3, -0.25) is 14.5 Å². The Hall–Kier alpha value is -2.66. The van der Waals surface area contributed by atoms with Crippen LogP contribution < -0.4 is 4.74 Å². The molecule has 2 aromatic heterocycles. The van der Waals surface area contributed by atoms with Crippen molar-refractivity contribution in [2.45, 2.75) is 25.9 Å². The van der Waals surface area contributed by atoms with Gasteiger partial charge in [0.25, 0.3) is 0 Å². The van der Waals surface area contributed by atoms with Gasteiger partial charge in [0.15, 0.2) is 10.6 Å². The van der Waals surface area contributed by atoms with Crippen molar-refractivity contribution in [2.24, 2.45) is 0 Å². The fraction of sp³-hybridized carbons (Fsp3) is 0.278. The Labute approximate surface area is 173 Å². The van der Waals surface area contributed by atoms with Crippen LogP contribution >= 0.6 is 23.6 Å². The van der Waals surface area contributed by atoms with Gasteiger partial charge >= 0.3 is 6.36 Å². The number of nitrogens with one attached hydrogen (secondary N) is 1. The molecule has 3 rings (SSSR count). The highest BCUT2D eigenvalue weighted by Gasteiger charge is 2.32. The molecule has 1 aromatic carbocycles. The van der Waals surface area contributed by atoms with E-state index in [1.807, 2.05) is 17.5 Å². The second kappa shape index (κ2) is 8.78. The van der Waals surface area contributed by atoms with E-state index >= 15 is 0 Å². The summed E-state index contributed by atoms with van der Waals surface area (Å²) in [6.07, 6.45) is -4.68. The number of aromatic amines is 1. The van der Waals surface area contributed by atoms with Crippen LogP contribution in [0.15, 0.2) is 41.8 Å². The monoisotopic (exact) mass is 442 g/mol. The molecule has 0 unspecified atom stereocenters. The molecule has 0 bridgehead atoms. The topological polar surface area (TPSA) is 63.1 Å². The first-order valence-electron chi connectivity index (χ1n) is 8.51. The maximum atomic E-state index is 12.6. The minimum Gasteiger partial charge on any atom is -0.405 e. The minimum atomic E-state index is -4.80. The minimum absolute atomic E-state index is 0.0142. The van der Waals surface area contributed by atoms with Gasteiger partial charge in [0, 0.05) is 32.1 Å². The maximum Gasteiger partial charge on any atom is 0.573 e. The fourth-order valence-electron chi connectivity index (χ4n) is 2.72. The number of carbonyl (C=O) groups excluding carboxylic acids is 1. The van der Waals surface area contributed by atoms with E-state index < -0.39 is 6.36 Å². The number of H-pyrrole nitrogens is 1. The molecule has 2 heterocycles. The summed E-state index contributed by atoms with van der Waals surface area (Å²) in [6, 6.07) is 9.54. The predicted octanol–water partition coefficient (Wildman–Crippen LogP) is 4.62. The van der Waals surface area contributed by atoms with Crippen LogP contribution in [0.2, 0.25) is 0 Å². The van der Waals surface area contributed by atoms with Gasteiger partial charge in [0.1, 0.15) is 5.75 Å². The number of carbonyl (C=O) groups is 1. The number of benzene rings is 1. The van der Waals surface area contributed by atoms with E-state index in [9.17, 15) is 18.0 Å². The molecule has 0 saturated carbocycles. The maximum absolute atomic E-state index is 12.6. The van der Waals surface area contributed by atoms with Gasteiger partial charge in [-0.1, -0.05) is 24.3 Å². The largest absolute Gasteiger partial charge is 0.573 e. The summed E-state index contributed by atoms with van der Waals surface area (Å²) in [4.78, 5) is 14.8. The molecular weight excluding hydrogens is 425 g/mol. The standard InChI is InChI=1S/C18H17F3N4O2S2/c1-24(11-12-5-2-3-6-13(12)27-18(19,20)21)15(26)8-9-25-16(22-23-17(25)28)14-7-4-10-29-14/h2-7,10H,8-9,11H2,1H3,(H,23,28). The van der Waals surface area contributed by atoms with E-state index in [4.69, 9.17) is 12.2 Å². The Morgan fingerprint density at radius 3 is 2.76 bits per heavy atom. The normalized spacial score (nSPS) is 11.4. The molecule has 0 aliphatic heterocycles. The SMILES string of the molecule is CN(Cc1ccccc1OC(F)(F)F)C(=O)CCn1c(-c2cccs2)n[nH]c1=S. The second-order valence-electron chi connectivity index (χ2n) is 6.14. The molecule has 0 radical (unpaired) electrons. The lowest BCUT2D eigenvalue weighted by Crippen LogP contribution is -2.28. The number of aromatic nitrogens is 3. The van der Waals surface area contributed by atoms with Crippen molar-refractivity contribution in [3.8, 4) is 16.5 Å². The molecule has 0 fully saturated rings. The Kier molecular flexibility index (Phi) is 6.38. The quantitative estimate of drug-likeness (QED) is 0.543. The molecular formula is C18H17F3N4O2S2. The number of amides is 1. The van der Waals surface area contributed by atoms with E-state index in [-0.39, 0.29) is 30.2 Å². The van der Waals surface area contributed by atoms with E-state index in [1.54, 1.807) is 10.6 Å². The number of ether oxygens (including phenoxy) is 1. The van der Waals surface area contributed by atoms with Gasteiger partial charge in [-0.2, -0.15) is 5.10 Å². The summed E-state index contributed by atoms with van der Waals surface area (Å²) in [6.45, 7) is 0.284. The van der Waals surface area contributed by atoms with Crippen molar-refractivity contribution >= 4 is 29.5 Å². The van der Waals surface area contributed by atoms with Crippen LogP contribution in [-0.2, 0) is 17.9 Å². The molecule has 154 valence electrons. The summed E-state index contributed by atoms with van der Waals surface area (Å²) in [5.74, 6) is 0.0769. The van der Waals surface area contributed by atoms with E-state index in [2.05, 4.69) is 14.9 Å². The zero-order chi connectivity index (χ0) is 21.0. The first-order chi connectivity index (χ1) is 13.7. The third kappa shape index (κ3) is 5.45. The fourth-order valence-corrected chi connectivity index (χ4v) is 3.67. The van der Waals surface area contributed by atoms with Crippen LogP contribution in [-0.4, -0.2) is 39.0 Å². The van der Waals surface area contributed by atoms with E-state index in [0.717, 1.165) is 4.88 Å². The van der Waals surface area contributed by atoms with Crippen molar-refractivity contribution < 1.29 is 22.7 Å². The Balaban J connectivity index is 1.66. The van der Waals surface area contributed by atoms with Gasteiger partial charge < -0.3 is 9.64 Å². The average molecular weight is 442 g/mol. The first-order valence-corrected chi connectivity index (χ1v) is 9.80. The lowest BCUT2D eigenvalue weighted by molar-refractivity contribution is -0.275. The van der Waals surface area contributed by atoms with Gasteiger partial charge in [0.2, 0.25) is 5.91 Å². The highest BCUT2D eigenvalue weighted by Crippen LogP contribution is 2.27. The molecule has 1 N–H and O–H groups in total. The van der Waals surface area contributed by atoms with Gasteiger partial charge in [0.05, 0.1) is 4.88 Å². The van der Waals surface area contributed by atoms with Gasteiger partial charge in [-0.25, -0.2) is 0 Å². The van der Waals surface area contributed by atoms with Gasteiger partial charge in [-0.05, 0) is 29.7 Å². The Morgan fingerprint density at radius 2 is 2.07 bits per heavy atom. The lowest BCUT2D eigenvalue weighted by Gasteiger charge is -2.20. The van der Waals surface area contributed by atoms with Crippen molar-refractivity contribution in [3.05, 3.63) is 52.1 Å². The van der Waals surface area contributed by atoms with Crippen molar-refractivity contribution in [1.29, 1.82) is 0 Å². The molecule has 6 nitrogen and oxygen atoms in total. The molecule has 1 amide bonds. The zero-order valence-electron chi connectivity index (χ0n) is 15.3. The number of thiophene rings is 1. The zero-order valence-corrected chi connectivity index (χ0v) is 16.9. The Morgan fingerprint density at radius 1 is 1.31 bits per heavy atom. The third-order valence-corrected chi connectivity index (χ3v) is 5.26. The summed E-state index contributed by atoms with van der Waals surface area (Å²) in [5, 5.41) is 8.84. The average Bonchev–Trinajstić information content (AvgIpc) is 3.29. The highest BCUT2D eigenvalue weighted by molar-refractivity contribution is 7.71. The van der Waals surface area contributed by atoms with Crippen LogP contribution in [0.3, 0.4) is 0 Å². The van der Waals surface area contributed by atoms with Crippen LogP contribution in [0.4, 0.5) is 13.2 Å². The molecule has 0 spiro atoms. The third-order valence-electron chi connectivity index (χ3n) is 4.08. The van der Waals surface area contributed by atoms with Crippen LogP contribution in [0.25, 0.3) is 10.7 Å². The molecule has 0 saturated heterocycles. The van der Waals surface area contributed by atoms with Crippen molar-refractivity contribution in [1.82, 2.24) is 19.7 Å². The molecule has 0 aliphatic carbocycles. The molecule has 0 atom stereocenters. The van der Waals surface area contributed by atoms with Gasteiger partial charge in [-0.15, -0.1) is 24.5 Å². The number of nitrogens with zero attached hydrogens (tertiary/aromatic N) is 3. The number of hydrogen-bond acceptors (Lipinski definition) is 5.